The highest BCUT2D eigenvalue weighted by atomic mass is 16.2. The highest BCUT2D eigenvalue weighted by Gasteiger charge is 2.35. The first-order valence-corrected chi connectivity index (χ1v) is 8.33. The molecule has 1 saturated carbocycles. The summed E-state index contributed by atoms with van der Waals surface area (Å²) in [5.74, 6) is 1.13. The lowest BCUT2D eigenvalue weighted by Crippen LogP contribution is -2.51. The molecule has 2 fully saturated rings. The Kier molecular flexibility index (Phi) is 5.14. The summed E-state index contributed by atoms with van der Waals surface area (Å²) >= 11 is 0. The molecule has 22 heavy (non-hydrogen) atoms. The number of nitrogens with two attached hydrogens (primary N) is 1. The molecule has 5 nitrogen and oxygen atoms in total. The number of nitrogens with zero attached hydrogens (tertiary/aromatic N) is 2. The molecular formula is C17H29N3O2. The molecule has 2 aliphatic rings. The standard InChI is InChI=1S/C17H29N3O2/c1-13-5-4-8-17(2,3)14(13)6-7-15(21)19-9-11-20(12-10-19)16(18)22/h6-7,13-14H,4-5,8-12H2,1-3H3,(H2,18,22)/b7-6+/t13-,14+/m1/s1. The third-order valence-electron chi connectivity index (χ3n) is 5.35. The molecule has 5 heteroatoms. The van der Waals surface area contributed by atoms with Crippen molar-refractivity contribution >= 4 is 11.9 Å². The van der Waals surface area contributed by atoms with Crippen LogP contribution in [0.4, 0.5) is 4.79 Å². The van der Waals surface area contributed by atoms with Crippen molar-refractivity contribution in [3.8, 4) is 0 Å². The summed E-state index contributed by atoms with van der Waals surface area (Å²) in [7, 11) is 0. The van der Waals surface area contributed by atoms with E-state index < -0.39 is 6.03 Å². The Balaban J connectivity index is 1.92. The van der Waals surface area contributed by atoms with E-state index in [4.69, 9.17) is 5.73 Å². The molecule has 1 aliphatic heterocycles. The average Bonchev–Trinajstić information content (AvgIpc) is 2.46. The molecule has 0 aromatic heterocycles. The molecule has 1 saturated heterocycles. The SMILES string of the molecule is C[C@@H]1CCCC(C)(C)[C@H]1/C=C/C(=O)N1CCN(C(N)=O)CC1. The van der Waals surface area contributed by atoms with Crippen LogP contribution in [0.1, 0.15) is 40.0 Å². The number of allylic oxidation sites excluding steroid dienone is 1. The largest absolute Gasteiger partial charge is 0.351 e. The van der Waals surface area contributed by atoms with Gasteiger partial charge in [-0.25, -0.2) is 4.79 Å². The molecule has 0 aromatic rings. The number of hydrogen-bond donors (Lipinski definition) is 1. The molecule has 2 atom stereocenters. The molecule has 0 aromatic carbocycles. The van der Waals surface area contributed by atoms with Crippen molar-refractivity contribution in [2.45, 2.75) is 40.0 Å². The van der Waals surface area contributed by atoms with Crippen molar-refractivity contribution in [2.24, 2.45) is 23.0 Å². The fraction of sp³-hybridized carbons (Fsp3) is 0.765. The van der Waals surface area contributed by atoms with Crippen LogP contribution in [0.15, 0.2) is 12.2 Å². The fourth-order valence-corrected chi connectivity index (χ4v) is 3.88. The predicted octanol–water partition coefficient (Wildman–Crippen LogP) is 2.23. The van der Waals surface area contributed by atoms with E-state index in [-0.39, 0.29) is 11.3 Å². The maximum atomic E-state index is 12.3. The molecule has 2 N–H and O–H groups in total. The van der Waals surface area contributed by atoms with E-state index in [1.165, 1.54) is 19.3 Å². The van der Waals surface area contributed by atoms with E-state index >= 15 is 0 Å². The number of amides is 3. The first kappa shape index (κ1) is 16.8. The van der Waals surface area contributed by atoms with Gasteiger partial charge in [-0.2, -0.15) is 0 Å². The normalized spacial score (nSPS) is 28.9. The zero-order chi connectivity index (χ0) is 16.3. The minimum Gasteiger partial charge on any atom is -0.351 e. The number of carbonyl (C=O) groups is 2. The third-order valence-corrected chi connectivity index (χ3v) is 5.35. The van der Waals surface area contributed by atoms with Gasteiger partial charge >= 0.3 is 6.03 Å². The first-order chi connectivity index (χ1) is 10.3. The highest BCUT2D eigenvalue weighted by Crippen LogP contribution is 2.44. The smallest absolute Gasteiger partial charge is 0.314 e. The molecule has 3 amide bonds. The molecule has 0 bridgehead atoms. The van der Waals surface area contributed by atoms with Crippen molar-refractivity contribution in [2.75, 3.05) is 26.2 Å². The lowest BCUT2D eigenvalue weighted by atomic mass is 9.64. The first-order valence-electron chi connectivity index (χ1n) is 8.33. The molecule has 124 valence electrons. The van der Waals surface area contributed by atoms with Gasteiger partial charge in [0.1, 0.15) is 0 Å². The summed E-state index contributed by atoms with van der Waals surface area (Å²) < 4.78 is 0. The lowest BCUT2D eigenvalue weighted by Gasteiger charge is -2.41. The molecule has 0 unspecified atom stereocenters. The number of piperazine rings is 1. The van der Waals surface area contributed by atoms with Gasteiger partial charge in [0.15, 0.2) is 0 Å². The maximum Gasteiger partial charge on any atom is 0.314 e. The van der Waals surface area contributed by atoms with E-state index in [2.05, 4.69) is 26.8 Å². The van der Waals surface area contributed by atoms with Crippen LogP contribution in [-0.2, 0) is 4.79 Å². The van der Waals surface area contributed by atoms with Crippen molar-refractivity contribution < 1.29 is 9.59 Å². The summed E-state index contributed by atoms with van der Waals surface area (Å²) in [4.78, 5) is 26.8. The summed E-state index contributed by atoms with van der Waals surface area (Å²) in [6.45, 7) is 9.07. The monoisotopic (exact) mass is 307 g/mol. The van der Waals surface area contributed by atoms with Crippen LogP contribution in [0.3, 0.4) is 0 Å². The minimum atomic E-state index is -0.402. The van der Waals surface area contributed by atoms with Gasteiger partial charge in [-0.3, -0.25) is 4.79 Å². The molecular weight excluding hydrogens is 278 g/mol. The van der Waals surface area contributed by atoms with Gasteiger partial charge < -0.3 is 15.5 Å². The van der Waals surface area contributed by atoms with E-state index in [0.717, 1.165) is 0 Å². The molecule has 0 spiro atoms. The number of rotatable bonds is 2. The Morgan fingerprint density at radius 2 is 1.73 bits per heavy atom. The summed E-state index contributed by atoms with van der Waals surface area (Å²) in [6, 6.07) is -0.402. The van der Waals surface area contributed by atoms with Crippen LogP contribution >= 0.6 is 0 Å². The average molecular weight is 307 g/mol. The lowest BCUT2D eigenvalue weighted by molar-refractivity contribution is -0.127. The fourth-order valence-electron chi connectivity index (χ4n) is 3.88. The number of carbonyl (C=O) groups excluding carboxylic acids is 2. The van der Waals surface area contributed by atoms with Gasteiger partial charge in [0.25, 0.3) is 0 Å². The third kappa shape index (κ3) is 3.81. The van der Waals surface area contributed by atoms with Crippen LogP contribution in [0, 0.1) is 17.3 Å². The van der Waals surface area contributed by atoms with Crippen LogP contribution in [0.2, 0.25) is 0 Å². The van der Waals surface area contributed by atoms with Crippen LogP contribution in [-0.4, -0.2) is 47.9 Å². The molecule has 1 heterocycles. The highest BCUT2D eigenvalue weighted by molar-refractivity contribution is 5.87. The molecule has 1 aliphatic carbocycles. The topological polar surface area (TPSA) is 66.6 Å². The summed E-state index contributed by atoms with van der Waals surface area (Å²) in [5, 5.41) is 0. The van der Waals surface area contributed by atoms with Crippen LogP contribution in [0.25, 0.3) is 0 Å². The van der Waals surface area contributed by atoms with E-state index in [9.17, 15) is 9.59 Å². The van der Waals surface area contributed by atoms with E-state index in [1.54, 1.807) is 15.9 Å². The molecule has 2 rings (SSSR count). The van der Waals surface area contributed by atoms with Crippen LogP contribution < -0.4 is 5.73 Å². The predicted molar refractivity (Wildman–Crippen MR) is 87.2 cm³/mol. The summed E-state index contributed by atoms with van der Waals surface area (Å²) in [5.41, 5.74) is 5.52. The maximum absolute atomic E-state index is 12.3. The Morgan fingerprint density at radius 3 is 2.27 bits per heavy atom. The van der Waals surface area contributed by atoms with Gasteiger partial charge in [-0.15, -0.1) is 0 Å². The Hall–Kier alpha value is -1.52. The van der Waals surface area contributed by atoms with E-state index in [1.807, 2.05) is 0 Å². The Labute approximate surface area is 133 Å². The number of primary amides is 1. The van der Waals surface area contributed by atoms with Crippen molar-refractivity contribution in [3.63, 3.8) is 0 Å². The van der Waals surface area contributed by atoms with Gasteiger partial charge in [0.2, 0.25) is 5.91 Å². The minimum absolute atomic E-state index is 0.0534. The van der Waals surface area contributed by atoms with Gasteiger partial charge in [-0.1, -0.05) is 39.7 Å². The second-order valence-electron chi connectivity index (χ2n) is 7.39. The van der Waals surface area contributed by atoms with Gasteiger partial charge in [0, 0.05) is 26.2 Å². The van der Waals surface area contributed by atoms with Gasteiger partial charge in [0.05, 0.1) is 0 Å². The van der Waals surface area contributed by atoms with Crippen molar-refractivity contribution in [3.05, 3.63) is 12.2 Å². The second kappa shape index (κ2) is 6.71. The Bertz CT molecular complexity index is 451. The Morgan fingerprint density at radius 1 is 1.14 bits per heavy atom. The van der Waals surface area contributed by atoms with E-state index in [0.29, 0.717) is 38.0 Å². The van der Waals surface area contributed by atoms with Crippen molar-refractivity contribution in [1.82, 2.24) is 9.80 Å². The zero-order valence-electron chi connectivity index (χ0n) is 14.0. The molecule has 0 radical (unpaired) electrons. The van der Waals surface area contributed by atoms with Gasteiger partial charge in [-0.05, 0) is 29.7 Å². The quantitative estimate of drug-likeness (QED) is 0.795. The van der Waals surface area contributed by atoms with Crippen molar-refractivity contribution in [1.29, 1.82) is 0 Å². The number of urea groups is 1. The zero-order valence-corrected chi connectivity index (χ0v) is 14.0. The number of hydrogen-bond acceptors (Lipinski definition) is 2. The summed E-state index contributed by atoms with van der Waals surface area (Å²) in [6.07, 6.45) is 7.60. The second-order valence-corrected chi connectivity index (χ2v) is 7.39. The van der Waals surface area contributed by atoms with Crippen LogP contribution in [0.5, 0.6) is 0 Å².